The van der Waals surface area contributed by atoms with Crippen molar-refractivity contribution in [1.82, 2.24) is 25.4 Å². The van der Waals surface area contributed by atoms with E-state index >= 15 is 0 Å². The van der Waals surface area contributed by atoms with Crippen LogP contribution in [0.15, 0.2) is 48.0 Å². The first-order valence-electron chi connectivity index (χ1n) is 8.91. The van der Waals surface area contributed by atoms with E-state index in [2.05, 4.69) is 32.7 Å². The molecule has 2 N–H and O–H groups in total. The van der Waals surface area contributed by atoms with Crippen LogP contribution in [-0.2, 0) is 6.54 Å². The number of benzene rings is 1. The Morgan fingerprint density at radius 1 is 1.08 bits per heavy atom. The van der Waals surface area contributed by atoms with Crippen LogP contribution in [0.25, 0.3) is 0 Å². The number of nitrogens with zero attached hydrogens (tertiary/aromatic N) is 4. The first-order chi connectivity index (χ1) is 12.4. The standard InChI is InChI=1S/C18H28N6O/c1-2-19-18(20-11-6-7-13-24-15-22-23-16-24)21-12-8-14-25-17-9-4-3-5-10-17/h3-5,9-10,15-16H,2,6-8,11-14H2,1H3,(H2,19,20,21). The normalized spacial score (nSPS) is 11.3. The van der Waals surface area contributed by atoms with Crippen LogP contribution in [0.2, 0.25) is 0 Å². The zero-order valence-electron chi connectivity index (χ0n) is 14.9. The van der Waals surface area contributed by atoms with Gasteiger partial charge in [0.1, 0.15) is 18.4 Å². The number of unbranched alkanes of at least 4 members (excludes halogenated alkanes) is 1. The number of aliphatic imine (C=N–C) groups is 1. The number of aromatic nitrogens is 3. The van der Waals surface area contributed by atoms with Gasteiger partial charge < -0.3 is 19.9 Å². The Balaban J connectivity index is 1.57. The van der Waals surface area contributed by atoms with Gasteiger partial charge in [0.15, 0.2) is 5.96 Å². The predicted molar refractivity (Wildman–Crippen MR) is 99.8 cm³/mol. The molecule has 7 heteroatoms. The van der Waals surface area contributed by atoms with E-state index in [0.29, 0.717) is 6.61 Å². The lowest BCUT2D eigenvalue weighted by atomic mass is 10.3. The highest BCUT2D eigenvalue weighted by atomic mass is 16.5. The Morgan fingerprint density at radius 2 is 1.88 bits per heavy atom. The second kappa shape index (κ2) is 11.9. The van der Waals surface area contributed by atoms with Crippen LogP contribution in [-0.4, -0.2) is 47.0 Å². The summed E-state index contributed by atoms with van der Waals surface area (Å²) in [5.41, 5.74) is 0. The van der Waals surface area contributed by atoms with Crippen molar-refractivity contribution in [2.75, 3.05) is 26.2 Å². The first-order valence-corrected chi connectivity index (χ1v) is 8.91. The second-order valence-corrected chi connectivity index (χ2v) is 5.61. The molecular formula is C18H28N6O. The summed E-state index contributed by atoms with van der Waals surface area (Å²) in [5, 5.41) is 14.2. The van der Waals surface area contributed by atoms with Crippen LogP contribution in [0, 0.1) is 0 Å². The Morgan fingerprint density at radius 3 is 2.64 bits per heavy atom. The second-order valence-electron chi connectivity index (χ2n) is 5.61. The van der Waals surface area contributed by atoms with E-state index in [1.54, 1.807) is 12.7 Å². The summed E-state index contributed by atoms with van der Waals surface area (Å²) in [4.78, 5) is 4.58. The number of guanidine groups is 1. The summed E-state index contributed by atoms with van der Waals surface area (Å²) in [7, 11) is 0. The average molecular weight is 344 g/mol. The van der Waals surface area contributed by atoms with Crippen molar-refractivity contribution >= 4 is 5.96 Å². The largest absolute Gasteiger partial charge is 0.494 e. The number of ether oxygens (including phenoxy) is 1. The molecule has 136 valence electrons. The molecule has 0 spiro atoms. The molecule has 0 aliphatic heterocycles. The molecule has 1 aromatic carbocycles. The van der Waals surface area contributed by atoms with Crippen molar-refractivity contribution in [3.63, 3.8) is 0 Å². The third-order valence-corrected chi connectivity index (χ3v) is 3.53. The molecule has 0 atom stereocenters. The van der Waals surface area contributed by atoms with E-state index in [0.717, 1.165) is 57.2 Å². The molecule has 0 bridgehead atoms. The topological polar surface area (TPSA) is 76.4 Å². The van der Waals surface area contributed by atoms with E-state index < -0.39 is 0 Å². The number of rotatable bonds is 11. The van der Waals surface area contributed by atoms with Crippen LogP contribution in [0.1, 0.15) is 26.2 Å². The van der Waals surface area contributed by atoms with Gasteiger partial charge in [-0.1, -0.05) is 18.2 Å². The smallest absolute Gasteiger partial charge is 0.191 e. The van der Waals surface area contributed by atoms with E-state index in [1.807, 2.05) is 34.9 Å². The van der Waals surface area contributed by atoms with E-state index in [-0.39, 0.29) is 0 Å². The SMILES string of the molecule is CCNC(=NCCCOc1ccccc1)NCCCCn1cnnc1. The first kappa shape index (κ1) is 18.8. The average Bonchev–Trinajstić information content (AvgIpc) is 3.15. The van der Waals surface area contributed by atoms with Crippen LogP contribution >= 0.6 is 0 Å². The predicted octanol–water partition coefficient (Wildman–Crippen LogP) is 2.08. The van der Waals surface area contributed by atoms with Crippen molar-refractivity contribution in [1.29, 1.82) is 0 Å². The number of hydrogen-bond donors (Lipinski definition) is 2. The monoisotopic (exact) mass is 344 g/mol. The van der Waals surface area contributed by atoms with Gasteiger partial charge in [-0.05, 0) is 31.9 Å². The molecule has 0 unspecified atom stereocenters. The van der Waals surface area contributed by atoms with E-state index in [1.165, 1.54) is 0 Å². The summed E-state index contributed by atoms with van der Waals surface area (Å²) >= 11 is 0. The molecule has 25 heavy (non-hydrogen) atoms. The fraction of sp³-hybridized carbons (Fsp3) is 0.500. The van der Waals surface area contributed by atoms with Crippen LogP contribution in [0.3, 0.4) is 0 Å². The van der Waals surface area contributed by atoms with Gasteiger partial charge in [-0.25, -0.2) is 0 Å². The number of hydrogen-bond acceptors (Lipinski definition) is 4. The summed E-state index contributed by atoms with van der Waals surface area (Å²) in [5.74, 6) is 1.77. The molecule has 0 fully saturated rings. The molecule has 0 radical (unpaired) electrons. The van der Waals surface area contributed by atoms with Gasteiger partial charge >= 0.3 is 0 Å². The minimum absolute atomic E-state index is 0.672. The highest BCUT2D eigenvalue weighted by molar-refractivity contribution is 5.79. The van der Waals surface area contributed by atoms with E-state index in [9.17, 15) is 0 Å². The molecule has 0 saturated carbocycles. The maximum absolute atomic E-state index is 5.67. The fourth-order valence-corrected chi connectivity index (χ4v) is 2.27. The maximum atomic E-state index is 5.67. The minimum Gasteiger partial charge on any atom is -0.494 e. The van der Waals surface area contributed by atoms with Crippen molar-refractivity contribution < 1.29 is 4.74 Å². The van der Waals surface area contributed by atoms with Gasteiger partial charge in [-0.15, -0.1) is 10.2 Å². The Labute approximate surface area is 149 Å². The molecule has 0 aliphatic carbocycles. The quantitative estimate of drug-likeness (QED) is 0.371. The van der Waals surface area contributed by atoms with Gasteiger partial charge in [-0.3, -0.25) is 4.99 Å². The van der Waals surface area contributed by atoms with Gasteiger partial charge in [0, 0.05) is 32.6 Å². The van der Waals surface area contributed by atoms with Gasteiger partial charge in [0.05, 0.1) is 6.61 Å². The highest BCUT2D eigenvalue weighted by Crippen LogP contribution is 2.08. The molecule has 1 heterocycles. The van der Waals surface area contributed by atoms with E-state index in [4.69, 9.17) is 4.74 Å². The molecule has 1 aromatic heterocycles. The van der Waals surface area contributed by atoms with Crippen molar-refractivity contribution in [3.8, 4) is 5.75 Å². The van der Waals surface area contributed by atoms with Crippen LogP contribution < -0.4 is 15.4 Å². The number of nitrogens with one attached hydrogen (secondary N) is 2. The lowest BCUT2D eigenvalue weighted by Gasteiger charge is -2.11. The van der Waals surface area contributed by atoms with Crippen LogP contribution in [0.5, 0.6) is 5.75 Å². The number of aryl methyl sites for hydroxylation is 1. The zero-order chi connectivity index (χ0) is 17.6. The van der Waals surface area contributed by atoms with Crippen LogP contribution in [0.4, 0.5) is 0 Å². The van der Waals surface area contributed by atoms with Gasteiger partial charge in [0.2, 0.25) is 0 Å². The van der Waals surface area contributed by atoms with Gasteiger partial charge in [0.25, 0.3) is 0 Å². The molecule has 2 aromatic rings. The Kier molecular flexibility index (Phi) is 8.92. The third-order valence-electron chi connectivity index (χ3n) is 3.53. The molecule has 2 rings (SSSR count). The highest BCUT2D eigenvalue weighted by Gasteiger charge is 1.98. The van der Waals surface area contributed by atoms with Crippen molar-refractivity contribution in [3.05, 3.63) is 43.0 Å². The van der Waals surface area contributed by atoms with Crippen molar-refractivity contribution in [2.45, 2.75) is 32.7 Å². The number of para-hydroxylation sites is 1. The maximum Gasteiger partial charge on any atom is 0.191 e. The minimum atomic E-state index is 0.672. The fourth-order valence-electron chi connectivity index (χ4n) is 2.27. The summed E-state index contributed by atoms with van der Waals surface area (Å²) in [6.45, 7) is 6.18. The summed E-state index contributed by atoms with van der Waals surface area (Å²) in [6, 6.07) is 9.87. The van der Waals surface area contributed by atoms with Gasteiger partial charge in [-0.2, -0.15) is 0 Å². The Bertz CT molecular complexity index is 585. The summed E-state index contributed by atoms with van der Waals surface area (Å²) in [6.07, 6.45) is 6.53. The zero-order valence-corrected chi connectivity index (χ0v) is 14.9. The molecule has 0 saturated heterocycles. The molecule has 0 aliphatic rings. The summed E-state index contributed by atoms with van der Waals surface area (Å²) < 4.78 is 7.67. The lowest BCUT2D eigenvalue weighted by molar-refractivity contribution is 0.313. The lowest BCUT2D eigenvalue weighted by Crippen LogP contribution is -2.38. The molecular weight excluding hydrogens is 316 g/mol. The van der Waals surface area contributed by atoms with Crippen molar-refractivity contribution in [2.24, 2.45) is 4.99 Å². The molecule has 0 amide bonds. The third kappa shape index (κ3) is 8.19. The molecule has 7 nitrogen and oxygen atoms in total. The Hall–Kier alpha value is -2.57.